The van der Waals surface area contributed by atoms with E-state index in [1.807, 2.05) is 23.6 Å². The van der Waals surface area contributed by atoms with E-state index >= 15 is 0 Å². The van der Waals surface area contributed by atoms with Gasteiger partial charge in [-0.3, -0.25) is 14.3 Å². The quantitative estimate of drug-likeness (QED) is 0.463. The molecule has 8 heteroatoms. The van der Waals surface area contributed by atoms with Crippen LogP contribution in [0.4, 0.5) is 5.69 Å². The van der Waals surface area contributed by atoms with Crippen molar-refractivity contribution in [1.82, 2.24) is 19.7 Å². The molecule has 7 nitrogen and oxygen atoms in total. The predicted octanol–water partition coefficient (Wildman–Crippen LogP) is 3.65. The normalized spacial score (nSPS) is 11.6. The third-order valence-corrected chi connectivity index (χ3v) is 5.06. The minimum Gasteiger partial charge on any atom is -0.497 e. The smallest absolute Gasteiger partial charge is 0.237 e. The summed E-state index contributed by atoms with van der Waals surface area (Å²) < 4.78 is 7.06. The zero-order chi connectivity index (χ0) is 19.9. The van der Waals surface area contributed by atoms with Crippen molar-refractivity contribution in [2.24, 2.45) is 0 Å². The summed E-state index contributed by atoms with van der Waals surface area (Å²) in [6.45, 7) is 6.19. The van der Waals surface area contributed by atoms with Gasteiger partial charge >= 0.3 is 0 Å². The number of rotatable bonds is 8. The zero-order valence-corrected chi connectivity index (χ0v) is 16.5. The molecule has 3 aromatic rings. The predicted molar refractivity (Wildman–Crippen MR) is 110 cm³/mol. The minimum absolute atomic E-state index is 0.117. The Labute approximate surface area is 167 Å². The molecule has 144 valence electrons. The first-order valence-corrected chi connectivity index (χ1v) is 9.56. The molecule has 0 unspecified atom stereocenters. The van der Waals surface area contributed by atoms with Gasteiger partial charge < -0.3 is 10.1 Å². The maximum absolute atomic E-state index is 12.6. The number of hydrogen-bond acceptors (Lipinski definition) is 6. The molecular weight excluding hydrogens is 374 g/mol. The lowest BCUT2D eigenvalue weighted by molar-refractivity contribution is -0.115. The molecule has 1 aromatic carbocycles. The third-order valence-electron chi connectivity index (χ3n) is 3.98. The Hall–Kier alpha value is -3.13. The Balaban J connectivity index is 1.73. The summed E-state index contributed by atoms with van der Waals surface area (Å²) >= 11 is 1.35. The lowest BCUT2D eigenvalue weighted by atomic mass is 10.2. The number of nitrogens with zero attached hydrogens (tertiary/aromatic N) is 4. The summed E-state index contributed by atoms with van der Waals surface area (Å²) in [6, 6.07) is 11.0. The molecule has 28 heavy (non-hydrogen) atoms. The fraction of sp³-hybridized carbons (Fsp3) is 0.200. The Kier molecular flexibility index (Phi) is 6.44. The number of aromatic nitrogens is 4. The van der Waals surface area contributed by atoms with Crippen LogP contribution in [0.5, 0.6) is 5.75 Å². The monoisotopic (exact) mass is 395 g/mol. The Bertz CT molecular complexity index is 941. The van der Waals surface area contributed by atoms with Gasteiger partial charge in [0.1, 0.15) is 5.75 Å². The van der Waals surface area contributed by atoms with Gasteiger partial charge in [0.05, 0.1) is 12.4 Å². The zero-order valence-electron chi connectivity index (χ0n) is 15.7. The highest BCUT2D eigenvalue weighted by Crippen LogP contribution is 2.27. The van der Waals surface area contributed by atoms with Gasteiger partial charge in [0.15, 0.2) is 11.0 Å². The van der Waals surface area contributed by atoms with E-state index in [0.29, 0.717) is 23.2 Å². The number of ether oxygens (including phenoxy) is 1. The lowest BCUT2D eigenvalue weighted by Gasteiger charge is -2.13. The lowest BCUT2D eigenvalue weighted by Crippen LogP contribution is -2.23. The van der Waals surface area contributed by atoms with Crippen molar-refractivity contribution in [3.8, 4) is 17.1 Å². The van der Waals surface area contributed by atoms with Crippen molar-refractivity contribution >= 4 is 23.4 Å². The molecule has 1 atom stereocenters. The molecule has 0 aliphatic carbocycles. The number of methoxy groups -OCH3 is 1. The number of pyridine rings is 1. The van der Waals surface area contributed by atoms with E-state index in [1.54, 1.807) is 49.8 Å². The number of benzene rings is 1. The van der Waals surface area contributed by atoms with Crippen LogP contribution in [0.15, 0.2) is 66.6 Å². The van der Waals surface area contributed by atoms with Crippen molar-refractivity contribution in [2.75, 3.05) is 12.4 Å². The summed E-state index contributed by atoms with van der Waals surface area (Å²) in [7, 11) is 1.60. The first-order chi connectivity index (χ1) is 13.6. The number of amides is 1. The standard InChI is InChI=1S/C20H21N5O2S/c1-4-13-25-18(15-9-11-21-12-10-15)23-24-20(25)28-14(2)19(26)22-16-5-7-17(27-3)8-6-16/h4-12,14H,1,13H2,2-3H3,(H,22,26)/t14-/m0/s1. The summed E-state index contributed by atoms with van der Waals surface area (Å²) in [5, 5.41) is 11.8. The van der Waals surface area contributed by atoms with Gasteiger partial charge in [-0.2, -0.15) is 0 Å². The molecule has 0 saturated carbocycles. The Morgan fingerprint density at radius 1 is 1.25 bits per heavy atom. The molecule has 2 heterocycles. The number of hydrogen-bond donors (Lipinski definition) is 1. The molecule has 0 aliphatic rings. The summed E-state index contributed by atoms with van der Waals surface area (Å²) in [5.41, 5.74) is 1.62. The molecular formula is C20H21N5O2S. The molecule has 0 saturated heterocycles. The number of carbonyl (C=O) groups excluding carboxylic acids is 1. The van der Waals surface area contributed by atoms with Gasteiger partial charge in [0, 0.05) is 30.2 Å². The maximum Gasteiger partial charge on any atom is 0.237 e. The van der Waals surface area contributed by atoms with Crippen LogP contribution in [0.25, 0.3) is 11.4 Å². The largest absolute Gasteiger partial charge is 0.497 e. The van der Waals surface area contributed by atoms with E-state index in [9.17, 15) is 4.79 Å². The molecule has 3 rings (SSSR count). The van der Waals surface area contributed by atoms with Crippen LogP contribution < -0.4 is 10.1 Å². The van der Waals surface area contributed by atoms with E-state index in [2.05, 4.69) is 27.1 Å². The van der Waals surface area contributed by atoms with Crippen molar-refractivity contribution in [3.63, 3.8) is 0 Å². The number of anilines is 1. The molecule has 1 amide bonds. The van der Waals surface area contributed by atoms with Crippen molar-refractivity contribution < 1.29 is 9.53 Å². The molecule has 0 spiro atoms. The van der Waals surface area contributed by atoms with Crippen LogP contribution in [0.3, 0.4) is 0 Å². The third kappa shape index (κ3) is 4.58. The number of thioether (sulfide) groups is 1. The van der Waals surface area contributed by atoms with Crippen LogP contribution in [0.1, 0.15) is 6.92 Å². The van der Waals surface area contributed by atoms with Crippen LogP contribution in [0.2, 0.25) is 0 Å². The molecule has 1 N–H and O–H groups in total. The molecule has 0 aliphatic heterocycles. The van der Waals surface area contributed by atoms with E-state index in [4.69, 9.17) is 4.74 Å². The number of nitrogens with one attached hydrogen (secondary N) is 1. The second kappa shape index (κ2) is 9.18. The Morgan fingerprint density at radius 2 is 1.96 bits per heavy atom. The number of carbonyl (C=O) groups is 1. The van der Waals surface area contributed by atoms with Crippen molar-refractivity contribution in [1.29, 1.82) is 0 Å². The first-order valence-electron chi connectivity index (χ1n) is 8.68. The maximum atomic E-state index is 12.6. The molecule has 2 aromatic heterocycles. The fourth-order valence-corrected chi connectivity index (χ4v) is 3.37. The van der Waals surface area contributed by atoms with E-state index in [1.165, 1.54) is 11.8 Å². The highest BCUT2D eigenvalue weighted by atomic mass is 32.2. The average Bonchev–Trinajstić information content (AvgIpc) is 3.11. The van der Waals surface area contributed by atoms with Crippen molar-refractivity contribution in [3.05, 3.63) is 61.4 Å². The Morgan fingerprint density at radius 3 is 2.61 bits per heavy atom. The van der Waals surface area contributed by atoms with Gasteiger partial charge in [0.2, 0.25) is 5.91 Å². The highest BCUT2D eigenvalue weighted by Gasteiger charge is 2.20. The van der Waals surface area contributed by atoms with Gasteiger partial charge in [0.25, 0.3) is 0 Å². The van der Waals surface area contributed by atoms with Crippen LogP contribution in [-0.2, 0) is 11.3 Å². The average molecular weight is 395 g/mol. The second-order valence-electron chi connectivity index (χ2n) is 5.92. The minimum atomic E-state index is -0.361. The second-order valence-corrected chi connectivity index (χ2v) is 7.23. The van der Waals surface area contributed by atoms with Crippen LogP contribution in [-0.4, -0.2) is 38.0 Å². The fourth-order valence-electron chi connectivity index (χ4n) is 2.51. The van der Waals surface area contributed by atoms with E-state index in [0.717, 1.165) is 11.3 Å². The van der Waals surface area contributed by atoms with Crippen LogP contribution in [0, 0.1) is 0 Å². The highest BCUT2D eigenvalue weighted by molar-refractivity contribution is 8.00. The van der Waals surface area contributed by atoms with Gasteiger partial charge in [-0.25, -0.2) is 0 Å². The summed E-state index contributed by atoms with van der Waals surface area (Å²) in [6.07, 6.45) is 5.19. The summed E-state index contributed by atoms with van der Waals surface area (Å²) in [4.78, 5) is 16.6. The van der Waals surface area contributed by atoms with E-state index in [-0.39, 0.29) is 11.2 Å². The van der Waals surface area contributed by atoms with Gasteiger partial charge in [-0.1, -0.05) is 17.8 Å². The summed E-state index contributed by atoms with van der Waals surface area (Å²) in [5.74, 6) is 1.34. The first kappa shape index (κ1) is 19.6. The number of allylic oxidation sites excluding steroid dienone is 1. The van der Waals surface area contributed by atoms with Crippen LogP contribution >= 0.6 is 11.8 Å². The molecule has 0 bridgehead atoms. The van der Waals surface area contributed by atoms with E-state index < -0.39 is 0 Å². The van der Waals surface area contributed by atoms with Crippen molar-refractivity contribution in [2.45, 2.75) is 23.9 Å². The van der Waals surface area contributed by atoms with Gasteiger partial charge in [-0.05, 0) is 43.3 Å². The SMILES string of the molecule is C=CCn1c(S[C@@H](C)C(=O)Nc2ccc(OC)cc2)nnc1-c1ccncc1. The molecule has 0 radical (unpaired) electrons. The van der Waals surface area contributed by atoms with Gasteiger partial charge in [-0.15, -0.1) is 16.8 Å². The molecule has 0 fully saturated rings. The topological polar surface area (TPSA) is 81.9 Å².